The number of halogens is 3. The van der Waals surface area contributed by atoms with E-state index < -0.39 is 42.9 Å². The lowest BCUT2D eigenvalue weighted by atomic mass is 9.75. The Bertz CT molecular complexity index is 1340. The maximum absolute atomic E-state index is 13.7. The van der Waals surface area contributed by atoms with Crippen LogP contribution >= 0.6 is 0 Å². The Morgan fingerprint density at radius 2 is 1.69 bits per heavy atom. The number of ether oxygens (including phenoxy) is 1. The summed E-state index contributed by atoms with van der Waals surface area (Å²) in [7, 11) is -6.15. The van der Waals surface area contributed by atoms with Crippen LogP contribution in [0.4, 0.5) is 23.7 Å². The van der Waals surface area contributed by atoms with Crippen molar-refractivity contribution in [3.05, 3.63) is 60.2 Å². The molecular formula is C26H28F3N3O6S. The number of rotatable bonds is 7. The first-order valence-electron chi connectivity index (χ1n) is 12.5. The molecule has 1 aliphatic heterocycles. The maximum Gasteiger partial charge on any atom is 0.517 e. The number of piperidine rings is 1. The molecule has 2 amide bonds. The van der Waals surface area contributed by atoms with Crippen molar-refractivity contribution in [2.45, 2.75) is 51.1 Å². The number of alkyl halides is 3. The first-order valence-corrected chi connectivity index (χ1v) is 13.9. The Balaban J connectivity index is 1.68. The molecule has 210 valence electrons. The summed E-state index contributed by atoms with van der Waals surface area (Å²) >= 11 is 0. The fraction of sp³-hybridized carbons (Fsp3) is 0.423. The smallest absolute Gasteiger partial charge is 0.449 e. The molecule has 0 unspecified atom stereocenters. The van der Waals surface area contributed by atoms with Crippen LogP contribution in [0.15, 0.2) is 59.8 Å². The van der Waals surface area contributed by atoms with Gasteiger partial charge < -0.3 is 14.5 Å². The molecule has 1 heterocycles. The molecule has 2 fully saturated rings. The number of likely N-dealkylation sites (tertiary alicyclic amines) is 1. The molecule has 0 bridgehead atoms. The molecule has 0 aromatic heterocycles. The Morgan fingerprint density at radius 3 is 2.33 bits per heavy atom. The third kappa shape index (κ3) is 5.72. The van der Waals surface area contributed by atoms with Gasteiger partial charge in [0.05, 0.1) is 12.3 Å². The standard InChI is InChI=1S/C26H28F3N3O6S/c1-2-37-24(34)32(39(35,36)26(27,28)29)21-13-7-6-10-19(21)18-31-17-16-25(14-8-9-15-25)22(23(31)33)30-38-20-11-4-3-5-12-20/h3-7,10-13H,2,8-9,14-18H2,1H3/b30-22-. The van der Waals surface area contributed by atoms with Gasteiger partial charge in [0.2, 0.25) is 0 Å². The molecule has 1 spiro atoms. The van der Waals surface area contributed by atoms with Crippen LogP contribution in [-0.4, -0.2) is 49.7 Å². The molecule has 39 heavy (non-hydrogen) atoms. The van der Waals surface area contributed by atoms with Crippen LogP contribution in [0.1, 0.15) is 44.6 Å². The molecule has 1 saturated heterocycles. The van der Waals surface area contributed by atoms with Gasteiger partial charge in [-0.25, -0.2) is 4.79 Å². The van der Waals surface area contributed by atoms with Gasteiger partial charge in [0, 0.05) is 18.5 Å². The molecule has 1 saturated carbocycles. The zero-order chi connectivity index (χ0) is 28.3. The summed E-state index contributed by atoms with van der Waals surface area (Å²) < 4.78 is 69.7. The highest BCUT2D eigenvalue weighted by Gasteiger charge is 2.54. The van der Waals surface area contributed by atoms with Gasteiger partial charge in [0.1, 0.15) is 0 Å². The van der Waals surface area contributed by atoms with Crippen LogP contribution in [0.2, 0.25) is 0 Å². The number of amides is 2. The number of carbonyl (C=O) groups excluding carboxylic acids is 2. The van der Waals surface area contributed by atoms with Gasteiger partial charge >= 0.3 is 21.6 Å². The minimum atomic E-state index is -6.15. The van der Waals surface area contributed by atoms with E-state index in [1.807, 2.05) is 6.07 Å². The number of carbonyl (C=O) groups is 2. The monoisotopic (exact) mass is 567 g/mol. The fourth-order valence-corrected chi connectivity index (χ4v) is 5.90. The number of hydrogen-bond donors (Lipinski definition) is 0. The second-order valence-electron chi connectivity index (χ2n) is 9.35. The SMILES string of the molecule is CCOC(=O)N(c1ccccc1CN1CCC2(CCCC2)/C(=N\Oc2ccccc2)C1=O)S(=O)(=O)C(F)(F)F. The molecule has 0 atom stereocenters. The summed E-state index contributed by atoms with van der Waals surface area (Å²) in [5, 5.41) is 4.24. The van der Waals surface area contributed by atoms with E-state index in [-0.39, 0.29) is 31.0 Å². The zero-order valence-corrected chi connectivity index (χ0v) is 22.0. The molecule has 13 heteroatoms. The van der Waals surface area contributed by atoms with E-state index in [1.165, 1.54) is 30.0 Å². The zero-order valence-electron chi connectivity index (χ0n) is 21.2. The molecule has 2 aromatic rings. The van der Waals surface area contributed by atoms with E-state index >= 15 is 0 Å². The van der Waals surface area contributed by atoms with Gasteiger partial charge in [0.25, 0.3) is 5.91 Å². The predicted octanol–water partition coefficient (Wildman–Crippen LogP) is 5.23. The first-order chi connectivity index (χ1) is 18.5. The molecule has 2 aliphatic rings. The largest absolute Gasteiger partial charge is 0.517 e. The summed E-state index contributed by atoms with van der Waals surface area (Å²) in [5.41, 5.74) is -6.56. The second kappa shape index (κ2) is 11.2. The average Bonchev–Trinajstić information content (AvgIpc) is 3.36. The van der Waals surface area contributed by atoms with Crippen molar-refractivity contribution in [3.63, 3.8) is 0 Å². The van der Waals surface area contributed by atoms with E-state index in [1.54, 1.807) is 24.3 Å². The summed E-state index contributed by atoms with van der Waals surface area (Å²) in [4.78, 5) is 33.1. The van der Waals surface area contributed by atoms with Gasteiger partial charge in [0.15, 0.2) is 11.5 Å². The lowest BCUT2D eigenvalue weighted by molar-refractivity contribution is -0.127. The molecule has 1 aliphatic carbocycles. The lowest BCUT2D eigenvalue weighted by Gasteiger charge is -2.39. The highest BCUT2D eigenvalue weighted by molar-refractivity contribution is 7.94. The van der Waals surface area contributed by atoms with Crippen LogP contribution in [0.25, 0.3) is 0 Å². The summed E-state index contributed by atoms with van der Waals surface area (Å²) in [5.74, 6) is -0.0221. The van der Waals surface area contributed by atoms with Gasteiger partial charge in [-0.15, -0.1) is 0 Å². The Labute approximate surface area is 224 Å². The van der Waals surface area contributed by atoms with E-state index in [4.69, 9.17) is 4.84 Å². The first kappa shape index (κ1) is 28.4. The Kier molecular flexibility index (Phi) is 8.19. The van der Waals surface area contributed by atoms with Crippen LogP contribution in [0.3, 0.4) is 0 Å². The maximum atomic E-state index is 13.7. The van der Waals surface area contributed by atoms with Crippen molar-refractivity contribution in [1.29, 1.82) is 0 Å². The minimum Gasteiger partial charge on any atom is -0.449 e. The van der Waals surface area contributed by atoms with Crippen molar-refractivity contribution in [2.75, 3.05) is 17.5 Å². The number of hydrogen-bond acceptors (Lipinski definition) is 7. The summed E-state index contributed by atoms with van der Waals surface area (Å²) in [6.45, 7) is 0.992. The number of benzene rings is 2. The van der Waals surface area contributed by atoms with Crippen LogP contribution in [-0.2, 0) is 26.1 Å². The number of sulfonamides is 1. The third-order valence-electron chi connectivity index (χ3n) is 6.94. The average molecular weight is 568 g/mol. The van der Waals surface area contributed by atoms with Crippen LogP contribution in [0, 0.1) is 5.41 Å². The predicted molar refractivity (Wildman–Crippen MR) is 136 cm³/mol. The van der Waals surface area contributed by atoms with Gasteiger partial charge in [-0.05, 0) is 49.9 Å². The molecule has 0 N–H and O–H groups in total. The molecule has 4 rings (SSSR count). The third-order valence-corrected chi connectivity index (χ3v) is 8.35. The number of oxime groups is 1. The van der Waals surface area contributed by atoms with Crippen molar-refractivity contribution in [2.24, 2.45) is 10.6 Å². The fourth-order valence-electron chi connectivity index (χ4n) is 5.01. The van der Waals surface area contributed by atoms with E-state index in [9.17, 15) is 31.2 Å². The van der Waals surface area contributed by atoms with E-state index in [0.717, 1.165) is 31.7 Å². The van der Waals surface area contributed by atoms with Crippen molar-refractivity contribution in [3.8, 4) is 5.75 Å². The van der Waals surface area contributed by atoms with Crippen LogP contribution in [0.5, 0.6) is 5.75 Å². The van der Waals surface area contributed by atoms with Gasteiger partial charge in [-0.2, -0.15) is 25.9 Å². The quantitative estimate of drug-likeness (QED) is 0.425. The van der Waals surface area contributed by atoms with E-state index in [2.05, 4.69) is 9.89 Å². The Morgan fingerprint density at radius 1 is 1.05 bits per heavy atom. The van der Waals surface area contributed by atoms with Crippen molar-refractivity contribution < 1.29 is 40.8 Å². The second-order valence-corrected chi connectivity index (χ2v) is 11.1. The van der Waals surface area contributed by atoms with E-state index in [0.29, 0.717) is 12.2 Å². The number of nitrogens with zero attached hydrogens (tertiary/aromatic N) is 3. The molecule has 9 nitrogen and oxygen atoms in total. The summed E-state index contributed by atoms with van der Waals surface area (Å²) in [6, 6.07) is 13.9. The highest BCUT2D eigenvalue weighted by Crippen LogP contribution is 2.45. The topological polar surface area (TPSA) is 106 Å². The van der Waals surface area contributed by atoms with Gasteiger partial charge in [-0.1, -0.05) is 54.4 Å². The van der Waals surface area contributed by atoms with Gasteiger partial charge in [-0.3, -0.25) is 4.79 Å². The normalized spacial score (nSPS) is 18.4. The molecule has 2 aromatic carbocycles. The highest BCUT2D eigenvalue weighted by atomic mass is 32.2. The Hall–Kier alpha value is -3.61. The minimum absolute atomic E-state index is 0.0115. The van der Waals surface area contributed by atoms with Crippen LogP contribution < -0.4 is 9.14 Å². The lowest BCUT2D eigenvalue weighted by Crippen LogP contribution is -2.51. The molecular weight excluding hydrogens is 539 g/mol. The summed E-state index contributed by atoms with van der Waals surface area (Å²) in [6.07, 6.45) is 2.20. The number of anilines is 1. The molecule has 0 radical (unpaired) electrons. The van der Waals surface area contributed by atoms with Crippen molar-refractivity contribution in [1.82, 2.24) is 4.90 Å². The number of para-hydroxylation sites is 2. The van der Waals surface area contributed by atoms with Crippen molar-refractivity contribution >= 4 is 33.4 Å².